The number of carbonyl (C=O) groups is 3. The molecule has 0 aliphatic heterocycles. The zero-order chi connectivity index (χ0) is 20.1. The molecule has 0 spiro atoms. The van der Waals surface area contributed by atoms with Crippen molar-refractivity contribution in [1.82, 2.24) is 4.98 Å². The van der Waals surface area contributed by atoms with Crippen LogP contribution in [0.5, 0.6) is 0 Å². The third kappa shape index (κ3) is 4.69. The lowest BCUT2D eigenvalue weighted by Crippen LogP contribution is -2.20. The summed E-state index contributed by atoms with van der Waals surface area (Å²) in [7, 11) is 0. The number of Topliss-reactive ketones (excluding diaryl/α,β-unsaturated/α-hetero) is 1. The van der Waals surface area contributed by atoms with Crippen LogP contribution in [0, 0.1) is 6.92 Å². The largest absolute Gasteiger partial charge is 0.451 e. The van der Waals surface area contributed by atoms with Gasteiger partial charge in [0.1, 0.15) is 4.88 Å². The fraction of sp³-hybridized carbons (Fsp3) is 0.143. The number of aromatic nitrogens is 1. The number of benzene rings is 2. The Morgan fingerprint density at radius 3 is 2.36 bits per heavy atom. The highest BCUT2D eigenvalue weighted by atomic mass is 32.1. The molecule has 0 atom stereocenters. The molecule has 1 amide bonds. The molecule has 1 N–H and O–H groups in total. The van der Waals surface area contributed by atoms with Gasteiger partial charge in [-0.15, -0.1) is 11.3 Å². The number of amides is 1. The second-order valence-electron chi connectivity index (χ2n) is 6.03. The van der Waals surface area contributed by atoms with E-state index in [1.807, 2.05) is 37.3 Å². The molecule has 3 rings (SSSR count). The van der Waals surface area contributed by atoms with E-state index in [9.17, 15) is 14.4 Å². The smallest absolute Gasteiger partial charge is 0.351 e. The number of ketones is 1. The van der Waals surface area contributed by atoms with Gasteiger partial charge in [0.2, 0.25) is 0 Å². The molecule has 7 heteroatoms. The minimum absolute atomic E-state index is 0.0547. The molecule has 3 aromatic rings. The first-order chi connectivity index (χ1) is 13.4. The summed E-state index contributed by atoms with van der Waals surface area (Å²) in [5, 5.41) is 3.36. The maximum Gasteiger partial charge on any atom is 0.351 e. The predicted molar refractivity (Wildman–Crippen MR) is 108 cm³/mol. The van der Waals surface area contributed by atoms with Crippen molar-refractivity contribution < 1.29 is 19.1 Å². The van der Waals surface area contributed by atoms with Crippen molar-refractivity contribution in [3.05, 3.63) is 70.0 Å². The zero-order valence-electron chi connectivity index (χ0n) is 15.4. The van der Waals surface area contributed by atoms with E-state index in [4.69, 9.17) is 4.74 Å². The van der Waals surface area contributed by atoms with Crippen molar-refractivity contribution in [3.63, 3.8) is 0 Å². The van der Waals surface area contributed by atoms with Crippen molar-refractivity contribution in [1.29, 1.82) is 0 Å². The molecule has 142 valence electrons. The molecular weight excluding hydrogens is 376 g/mol. The van der Waals surface area contributed by atoms with Gasteiger partial charge >= 0.3 is 5.97 Å². The molecule has 0 aliphatic carbocycles. The average molecular weight is 394 g/mol. The summed E-state index contributed by atoms with van der Waals surface area (Å²) in [6.45, 7) is 2.86. The molecule has 2 aromatic carbocycles. The van der Waals surface area contributed by atoms with Crippen LogP contribution in [0.2, 0.25) is 0 Å². The number of hydrogen-bond acceptors (Lipinski definition) is 6. The Kier molecular flexibility index (Phi) is 5.96. The molecule has 0 saturated carbocycles. The summed E-state index contributed by atoms with van der Waals surface area (Å²) in [5.74, 6) is -1.11. The number of nitrogens with one attached hydrogen (secondary N) is 1. The Hall–Kier alpha value is -3.32. The van der Waals surface area contributed by atoms with Crippen molar-refractivity contribution in [2.24, 2.45) is 0 Å². The third-order valence-electron chi connectivity index (χ3n) is 3.88. The van der Waals surface area contributed by atoms with Crippen LogP contribution in [0.3, 0.4) is 0 Å². The van der Waals surface area contributed by atoms with Gasteiger partial charge in [-0.1, -0.05) is 30.3 Å². The lowest BCUT2D eigenvalue weighted by molar-refractivity contribution is -0.119. The van der Waals surface area contributed by atoms with Crippen LogP contribution in [0.1, 0.15) is 32.0 Å². The van der Waals surface area contributed by atoms with Gasteiger partial charge in [0, 0.05) is 16.8 Å². The Morgan fingerprint density at radius 2 is 1.71 bits per heavy atom. The molecule has 0 radical (unpaired) electrons. The molecule has 1 heterocycles. The molecule has 28 heavy (non-hydrogen) atoms. The van der Waals surface area contributed by atoms with Crippen molar-refractivity contribution in [2.75, 3.05) is 11.9 Å². The van der Waals surface area contributed by atoms with Gasteiger partial charge in [0.15, 0.2) is 12.4 Å². The van der Waals surface area contributed by atoms with E-state index in [-0.39, 0.29) is 5.78 Å². The molecule has 6 nitrogen and oxygen atoms in total. The van der Waals surface area contributed by atoms with E-state index in [1.165, 1.54) is 18.3 Å². The van der Waals surface area contributed by atoms with Gasteiger partial charge < -0.3 is 10.1 Å². The van der Waals surface area contributed by atoms with Gasteiger partial charge in [-0.2, -0.15) is 0 Å². The van der Waals surface area contributed by atoms with Gasteiger partial charge in [-0.05, 0) is 38.1 Å². The number of carbonyl (C=O) groups excluding carboxylic acids is 3. The lowest BCUT2D eigenvalue weighted by Gasteiger charge is -2.07. The predicted octanol–water partition coefficient (Wildman–Crippen LogP) is 4.12. The van der Waals surface area contributed by atoms with Crippen LogP contribution in [-0.2, 0) is 9.53 Å². The number of rotatable bonds is 6. The monoisotopic (exact) mass is 394 g/mol. The van der Waals surface area contributed by atoms with E-state index >= 15 is 0 Å². The first-order valence-corrected chi connectivity index (χ1v) is 9.36. The molecule has 1 aromatic heterocycles. The third-order valence-corrected chi connectivity index (χ3v) is 4.83. The fourth-order valence-corrected chi connectivity index (χ4v) is 3.37. The maximum absolute atomic E-state index is 12.5. The quantitative estimate of drug-likeness (QED) is 0.502. The second kappa shape index (κ2) is 8.58. The van der Waals surface area contributed by atoms with E-state index in [2.05, 4.69) is 10.3 Å². The molecular formula is C21H18N2O4S. The minimum atomic E-state index is -0.591. The van der Waals surface area contributed by atoms with Crippen molar-refractivity contribution in [3.8, 4) is 11.3 Å². The van der Waals surface area contributed by atoms with Crippen molar-refractivity contribution >= 4 is 34.7 Å². The Labute approximate surface area is 166 Å². The van der Waals surface area contributed by atoms with Crippen LogP contribution in [0.4, 0.5) is 5.69 Å². The number of hydrogen-bond donors (Lipinski definition) is 1. The molecule has 0 aliphatic rings. The summed E-state index contributed by atoms with van der Waals surface area (Å²) in [4.78, 5) is 40.6. The molecule has 0 bridgehead atoms. The fourth-order valence-electron chi connectivity index (χ4n) is 2.54. The first kappa shape index (κ1) is 19.4. The SMILES string of the molecule is CC(=O)c1ccc(NC(=O)COC(=O)c2sc(C)nc2-c2ccccc2)cc1. The summed E-state index contributed by atoms with van der Waals surface area (Å²) in [5.41, 5.74) is 2.44. The Morgan fingerprint density at radius 1 is 1.04 bits per heavy atom. The highest BCUT2D eigenvalue weighted by Crippen LogP contribution is 2.28. The van der Waals surface area contributed by atoms with Gasteiger partial charge in [-0.25, -0.2) is 9.78 Å². The number of ether oxygens (including phenoxy) is 1. The van der Waals surface area contributed by atoms with Crippen LogP contribution in [-0.4, -0.2) is 29.3 Å². The van der Waals surface area contributed by atoms with Gasteiger partial charge in [0.05, 0.1) is 10.7 Å². The normalized spacial score (nSPS) is 10.4. The standard InChI is InChI=1S/C21H18N2O4S/c1-13(24)15-8-10-17(11-9-15)23-18(25)12-27-21(26)20-19(22-14(2)28-20)16-6-4-3-5-7-16/h3-11H,12H2,1-2H3,(H,23,25). The summed E-state index contributed by atoms with van der Waals surface area (Å²) in [6.07, 6.45) is 0. The second-order valence-corrected chi connectivity index (χ2v) is 7.24. The van der Waals surface area contributed by atoms with Gasteiger partial charge in [-0.3, -0.25) is 9.59 Å². The number of aryl methyl sites for hydroxylation is 1. The average Bonchev–Trinajstić information content (AvgIpc) is 3.09. The highest BCUT2D eigenvalue weighted by Gasteiger charge is 2.20. The molecule has 0 unspecified atom stereocenters. The first-order valence-electron chi connectivity index (χ1n) is 8.55. The topological polar surface area (TPSA) is 85.4 Å². The van der Waals surface area contributed by atoms with Crippen LogP contribution < -0.4 is 5.32 Å². The van der Waals surface area contributed by atoms with Crippen LogP contribution in [0.15, 0.2) is 54.6 Å². The number of anilines is 1. The number of nitrogens with zero attached hydrogens (tertiary/aromatic N) is 1. The molecule has 0 fully saturated rings. The van der Waals surface area contributed by atoms with E-state index < -0.39 is 18.5 Å². The van der Waals surface area contributed by atoms with E-state index in [1.54, 1.807) is 24.3 Å². The van der Waals surface area contributed by atoms with Crippen molar-refractivity contribution in [2.45, 2.75) is 13.8 Å². The Bertz CT molecular complexity index is 1010. The van der Waals surface area contributed by atoms with E-state index in [0.717, 1.165) is 10.6 Å². The Balaban J connectivity index is 1.63. The summed E-state index contributed by atoms with van der Waals surface area (Å²) < 4.78 is 5.16. The summed E-state index contributed by atoms with van der Waals surface area (Å²) >= 11 is 1.23. The maximum atomic E-state index is 12.5. The lowest BCUT2D eigenvalue weighted by atomic mass is 10.1. The van der Waals surface area contributed by atoms with E-state index in [0.29, 0.717) is 21.8 Å². The zero-order valence-corrected chi connectivity index (χ0v) is 16.2. The molecule has 0 saturated heterocycles. The number of thiazole rings is 1. The van der Waals surface area contributed by atoms with Crippen LogP contribution in [0.25, 0.3) is 11.3 Å². The van der Waals surface area contributed by atoms with Crippen LogP contribution >= 0.6 is 11.3 Å². The minimum Gasteiger partial charge on any atom is -0.451 e. The van der Waals surface area contributed by atoms with Gasteiger partial charge in [0.25, 0.3) is 5.91 Å². The number of esters is 1. The summed E-state index contributed by atoms with van der Waals surface area (Å²) in [6, 6.07) is 15.8. The highest BCUT2D eigenvalue weighted by molar-refractivity contribution is 7.14.